The smallest absolute Gasteiger partial charge is 0.254 e. The molecule has 1 amide bonds. The minimum atomic E-state index is 0.107. The number of hydrogen-bond donors (Lipinski definition) is 0. The van der Waals surface area contributed by atoms with E-state index in [0.717, 1.165) is 37.2 Å². The van der Waals surface area contributed by atoms with Gasteiger partial charge in [-0.05, 0) is 43.2 Å². The summed E-state index contributed by atoms with van der Waals surface area (Å²) >= 11 is 0. The van der Waals surface area contributed by atoms with Crippen molar-refractivity contribution in [1.82, 2.24) is 9.47 Å². The molecule has 0 radical (unpaired) electrons. The van der Waals surface area contributed by atoms with Crippen molar-refractivity contribution < 1.29 is 4.79 Å². The summed E-state index contributed by atoms with van der Waals surface area (Å²) in [7, 11) is 0. The standard InChI is InChI=1S/C24H28N2O/c1-3-4-16-26(24(27)22-14-12-20(2)13-15-22)19-23-11-8-17-25(23)18-21-9-6-5-7-10-21/h5-15,17H,3-4,16,18-19H2,1-2H3. The number of carbonyl (C=O) groups excluding carboxylic acids is 1. The van der Waals surface area contributed by atoms with Crippen LogP contribution in [0.25, 0.3) is 0 Å². The Morgan fingerprint density at radius 3 is 2.41 bits per heavy atom. The van der Waals surface area contributed by atoms with E-state index in [9.17, 15) is 4.79 Å². The Morgan fingerprint density at radius 2 is 1.70 bits per heavy atom. The highest BCUT2D eigenvalue weighted by Gasteiger charge is 2.17. The van der Waals surface area contributed by atoms with Gasteiger partial charge in [-0.3, -0.25) is 4.79 Å². The van der Waals surface area contributed by atoms with Gasteiger partial charge in [0.1, 0.15) is 0 Å². The first-order valence-corrected chi connectivity index (χ1v) is 9.71. The van der Waals surface area contributed by atoms with Gasteiger partial charge >= 0.3 is 0 Å². The van der Waals surface area contributed by atoms with Crippen LogP contribution in [0.4, 0.5) is 0 Å². The first kappa shape index (κ1) is 19.0. The van der Waals surface area contributed by atoms with E-state index in [1.54, 1.807) is 0 Å². The van der Waals surface area contributed by atoms with Gasteiger partial charge in [-0.1, -0.05) is 61.4 Å². The highest BCUT2D eigenvalue weighted by molar-refractivity contribution is 5.94. The number of nitrogens with zero attached hydrogens (tertiary/aromatic N) is 2. The third-order valence-electron chi connectivity index (χ3n) is 4.84. The lowest BCUT2D eigenvalue weighted by molar-refractivity contribution is 0.0737. The molecule has 0 unspecified atom stereocenters. The van der Waals surface area contributed by atoms with Crippen molar-refractivity contribution in [3.8, 4) is 0 Å². The van der Waals surface area contributed by atoms with Crippen molar-refractivity contribution in [2.75, 3.05) is 6.54 Å². The first-order valence-electron chi connectivity index (χ1n) is 9.71. The van der Waals surface area contributed by atoms with Crippen molar-refractivity contribution in [2.24, 2.45) is 0 Å². The Morgan fingerprint density at radius 1 is 0.963 bits per heavy atom. The molecule has 3 nitrogen and oxygen atoms in total. The largest absolute Gasteiger partial charge is 0.345 e. The molecule has 0 N–H and O–H groups in total. The maximum Gasteiger partial charge on any atom is 0.254 e. The molecule has 1 heterocycles. The van der Waals surface area contributed by atoms with Crippen LogP contribution in [-0.4, -0.2) is 21.9 Å². The summed E-state index contributed by atoms with van der Waals surface area (Å²) in [6, 6.07) is 22.5. The van der Waals surface area contributed by atoms with Crippen LogP contribution >= 0.6 is 0 Å². The van der Waals surface area contributed by atoms with Crippen LogP contribution in [0.5, 0.6) is 0 Å². The third-order valence-corrected chi connectivity index (χ3v) is 4.84. The molecule has 140 valence electrons. The van der Waals surface area contributed by atoms with Gasteiger partial charge < -0.3 is 9.47 Å². The number of hydrogen-bond acceptors (Lipinski definition) is 1. The molecule has 0 aliphatic heterocycles. The molecule has 27 heavy (non-hydrogen) atoms. The van der Waals surface area contributed by atoms with E-state index in [2.05, 4.69) is 54.1 Å². The monoisotopic (exact) mass is 360 g/mol. The number of aryl methyl sites for hydroxylation is 1. The van der Waals surface area contributed by atoms with Gasteiger partial charge in [-0.15, -0.1) is 0 Å². The average molecular weight is 361 g/mol. The lowest BCUT2D eigenvalue weighted by atomic mass is 10.1. The van der Waals surface area contributed by atoms with Crippen LogP contribution in [0.1, 0.15) is 46.9 Å². The van der Waals surface area contributed by atoms with Crippen molar-refractivity contribution in [3.63, 3.8) is 0 Å². The van der Waals surface area contributed by atoms with Gasteiger partial charge in [-0.25, -0.2) is 0 Å². The molecule has 0 aliphatic rings. The third kappa shape index (κ3) is 5.10. The van der Waals surface area contributed by atoms with E-state index >= 15 is 0 Å². The maximum absolute atomic E-state index is 13.1. The van der Waals surface area contributed by atoms with Gasteiger partial charge in [0.2, 0.25) is 0 Å². The predicted molar refractivity (Wildman–Crippen MR) is 111 cm³/mol. The second-order valence-electron chi connectivity index (χ2n) is 7.06. The molecule has 0 aliphatic carbocycles. The van der Waals surface area contributed by atoms with Gasteiger partial charge in [0.25, 0.3) is 5.91 Å². The van der Waals surface area contributed by atoms with E-state index in [4.69, 9.17) is 0 Å². The Kier molecular flexibility index (Phi) is 6.48. The predicted octanol–water partition coefficient (Wildman–Crippen LogP) is 5.29. The van der Waals surface area contributed by atoms with Crippen LogP contribution in [0.3, 0.4) is 0 Å². The molecular formula is C24H28N2O. The molecule has 3 heteroatoms. The molecular weight excluding hydrogens is 332 g/mol. The van der Waals surface area contributed by atoms with E-state index < -0.39 is 0 Å². The zero-order valence-electron chi connectivity index (χ0n) is 16.3. The Labute approximate surface area is 162 Å². The van der Waals surface area contributed by atoms with Crippen molar-refractivity contribution >= 4 is 5.91 Å². The summed E-state index contributed by atoms with van der Waals surface area (Å²) in [5.74, 6) is 0.107. The number of carbonyl (C=O) groups is 1. The summed E-state index contributed by atoms with van der Waals surface area (Å²) < 4.78 is 2.23. The van der Waals surface area contributed by atoms with Crippen LogP contribution in [0, 0.1) is 6.92 Å². The number of unbranched alkanes of at least 4 members (excludes halogenated alkanes) is 1. The number of benzene rings is 2. The fourth-order valence-corrected chi connectivity index (χ4v) is 3.20. The fraction of sp³-hybridized carbons (Fsp3) is 0.292. The lowest BCUT2D eigenvalue weighted by Gasteiger charge is -2.24. The summed E-state index contributed by atoms with van der Waals surface area (Å²) in [5, 5.41) is 0. The van der Waals surface area contributed by atoms with Gasteiger partial charge in [-0.2, -0.15) is 0 Å². The molecule has 0 fully saturated rings. The fourth-order valence-electron chi connectivity index (χ4n) is 3.20. The van der Waals surface area contributed by atoms with E-state index in [1.165, 1.54) is 11.1 Å². The molecule has 3 rings (SSSR count). The van der Waals surface area contributed by atoms with E-state index in [1.807, 2.05) is 42.2 Å². The second kappa shape index (κ2) is 9.22. The van der Waals surface area contributed by atoms with Crippen molar-refractivity contribution in [2.45, 2.75) is 39.8 Å². The minimum absolute atomic E-state index is 0.107. The quantitative estimate of drug-likeness (QED) is 0.536. The van der Waals surface area contributed by atoms with Gasteiger partial charge in [0, 0.05) is 30.5 Å². The number of rotatable bonds is 8. The zero-order valence-corrected chi connectivity index (χ0v) is 16.3. The topological polar surface area (TPSA) is 25.2 Å². The van der Waals surface area contributed by atoms with Gasteiger partial charge in [0.05, 0.1) is 6.54 Å². The van der Waals surface area contributed by atoms with Crippen LogP contribution in [0.2, 0.25) is 0 Å². The SMILES string of the molecule is CCCCN(Cc1cccn1Cc1ccccc1)C(=O)c1ccc(C)cc1. The second-order valence-corrected chi connectivity index (χ2v) is 7.06. The molecule has 0 spiro atoms. The highest BCUT2D eigenvalue weighted by atomic mass is 16.2. The molecule has 2 aromatic carbocycles. The van der Waals surface area contributed by atoms with Gasteiger partial charge in [0.15, 0.2) is 0 Å². The van der Waals surface area contributed by atoms with E-state index in [0.29, 0.717) is 6.54 Å². The lowest BCUT2D eigenvalue weighted by Crippen LogP contribution is -2.32. The zero-order chi connectivity index (χ0) is 19.1. The number of aromatic nitrogens is 1. The molecule has 0 bridgehead atoms. The first-order chi connectivity index (χ1) is 13.2. The summed E-state index contributed by atoms with van der Waals surface area (Å²) in [6.45, 7) is 6.43. The molecule has 0 saturated heterocycles. The Hall–Kier alpha value is -2.81. The van der Waals surface area contributed by atoms with Crippen molar-refractivity contribution in [1.29, 1.82) is 0 Å². The Bertz CT molecular complexity index is 850. The van der Waals surface area contributed by atoms with Crippen LogP contribution in [-0.2, 0) is 13.1 Å². The van der Waals surface area contributed by atoms with Crippen molar-refractivity contribution in [3.05, 3.63) is 95.3 Å². The molecule has 3 aromatic rings. The molecule has 1 aromatic heterocycles. The Balaban J connectivity index is 1.78. The maximum atomic E-state index is 13.1. The molecule has 0 atom stereocenters. The average Bonchev–Trinajstić information content (AvgIpc) is 3.12. The highest BCUT2D eigenvalue weighted by Crippen LogP contribution is 2.15. The van der Waals surface area contributed by atoms with Crippen LogP contribution in [0.15, 0.2) is 72.9 Å². The summed E-state index contributed by atoms with van der Waals surface area (Å²) in [4.78, 5) is 15.1. The summed E-state index contributed by atoms with van der Waals surface area (Å²) in [5.41, 5.74) is 4.36. The van der Waals surface area contributed by atoms with E-state index in [-0.39, 0.29) is 5.91 Å². The number of amides is 1. The summed E-state index contributed by atoms with van der Waals surface area (Å²) in [6.07, 6.45) is 4.18. The normalized spacial score (nSPS) is 10.7. The van der Waals surface area contributed by atoms with Crippen LogP contribution < -0.4 is 0 Å². The minimum Gasteiger partial charge on any atom is -0.345 e. The molecule has 0 saturated carbocycles.